The number of aromatic nitrogens is 1. The number of halogens is 1. The number of amides is 2. The van der Waals surface area contributed by atoms with Gasteiger partial charge in [0.05, 0.1) is 11.6 Å². The van der Waals surface area contributed by atoms with Gasteiger partial charge in [0.25, 0.3) is 5.91 Å². The summed E-state index contributed by atoms with van der Waals surface area (Å²) in [7, 11) is 0. The molecule has 1 fully saturated rings. The summed E-state index contributed by atoms with van der Waals surface area (Å²) in [4.78, 5) is 31.5. The zero-order valence-corrected chi connectivity index (χ0v) is 18.6. The summed E-state index contributed by atoms with van der Waals surface area (Å²) in [5.74, 6) is -0.837. The molecule has 2 aromatic carbocycles. The minimum Gasteiger partial charge on any atom is -0.369 e. The number of carbonyl (C=O) groups excluding carboxylic acids is 2. The summed E-state index contributed by atoms with van der Waals surface area (Å²) in [6.07, 6.45) is 1.83. The summed E-state index contributed by atoms with van der Waals surface area (Å²) < 4.78 is 13.2. The number of carbonyl (C=O) groups is 2. The van der Waals surface area contributed by atoms with E-state index >= 15 is 0 Å². The zero-order valence-electron chi connectivity index (χ0n) is 17.8. The van der Waals surface area contributed by atoms with Crippen LogP contribution in [0.1, 0.15) is 33.8 Å². The summed E-state index contributed by atoms with van der Waals surface area (Å²) in [6, 6.07) is 13.8. The molecule has 0 saturated carbocycles. The molecule has 6 nitrogen and oxygen atoms in total. The smallest absolute Gasteiger partial charge is 0.267 e. The first-order valence-electron chi connectivity index (χ1n) is 10.5. The van der Waals surface area contributed by atoms with Crippen LogP contribution in [0.25, 0.3) is 10.6 Å². The van der Waals surface area contributed by atoms with Crippen LogP contribution in [-0.2, 0) is 11.3 Å². The number of hydrogen-bond donors (Lipinski definition) is 2. The van der Waals surface area contributed by atoms with E-state index in [4.69, 9.17) is 5.73 Å². The number of primary amides is 1. The number of nitrogens with zero attached hydrogens (tertiary/aromatic N) is 2. The summed E-state index contributed by atoms with van der Waals surface area (Å²) in [5.41, 5.74) is 8.69. The van der Waals surface area contributed by atoms with Gasteiger partial charge in [-0.15, -0.1) is 11.3 Å². The number of anilines is 1. The van der Waals surface area contributed by atoms with Crippen LogP contribution >= 0.6 is 11.3 Å². The molecule has 1 aliphatic rings. The third-order valence-corrected chi connectivity index (χ3v) is 6.83. The number of nitrogens with one attached hydrogen (secondary N) is 1. The third-order valence-electron chi connectivity index (χ3n) is 5.62. The third kappa shape index (κ3) is 5.20. The molecule has 3 aromatic rings. The van der Waals surface area contributed by atoms with E-state index in [2.05, 4.69) is 15.2 Å². The van der Waals surface area contributed by atoms with E-state index in [1.54, 1.807) is 19.1 Å². The van der Waals surface area contributed by atoms with Crippen LogP contribution < -0.4 is 11.1 Å². The maximum Gasteiger partial charge on any atom is 0.267 e. The molecule has 0 unspecified atom stereocenters. The molecule has 166 valence electrons. The second-order valence-corrected chi connectivity index (χ2v) is 9.07. The van der Waals surface area contributed by atoms with Crippen LogP contribution in [0.3, 0.4) is 0 Å². The predicted octanol–water partition coefficient (Wildman–Crippen LogP) is 4.21. The highest BCUT2D eigenvalue weighted by molar-refractivity contribution is 7.17. The van der Waals surface area contributed by atoms with Crippen molar-refractivity contribution in [1.82, 2.24) is 9.88 Å². The van der Waals surface area contributed by atoms with Gasteiger partial charge in [-0.1, -0.05) is 12.1 Å². The molecule has 1 saturated heterocycles. The first-order chi connectivity index (χ1) is 15.4. The lowest BCUT2D eigenvalue weighted by molar-refractivity contribution is -0.123. The van der Waals surface area contributed by atoms with Crippen molar-refractivity contribution in [2.75, 3.05) is 18.4 Å². The molecule has 1 aliphatic heterocycles. The summed E-state index contributed by atoms with van der Waals surface area (Å²) in [5, 5.41) is 3.60. The molecule has 1 aromatic heterocycles. The van der Waals surface area contributed by atoms with Crippen molar-refractivity contribution in [3.63, 3.8) is 0 Å². The number of hydrogen-bond acceptors (Lipinski definition) is 5. The Labute approximate surface area is 190 Å². The Morgan fingerprint density at radius 2 is 1.91 bits per heavy atom. The fourth-order valence-corrected chi connectivity index (χ4v) is 4.86. The Morgan fingerprint density at radius 1 is 1.19 bits per heavy atom. The Balaban J connectivity index is 1.39. The number of aryl methyl sites for hydroxylation is 1. The van der Waals surface area contributed by atoms with Crippen LogP contribution in [0.2, 0.25) is 0 Å². The second kappa shape index (κ2) is 9.58. The normalized spacial score (nSPS) is 16.6. The predicted molar refractivity (Wildman–Crippen MR) is 124 cm³/mol. The molecule has 8 heteroatoms. The van der Waals surface area contributed by atoms with Gasteiger partial charge in [-0.2, -0.15) is 0 Å². The van der Waals surface area contributed by atoms with Crippen LogP contribution in [0.4, 0.5) is 10.1 Å². The van der Waals surface area contributed by atoms with E-state index in [1.807, 2.05) is 24.3 Å². The molecular formula is C24H25FN4O2S. The van der Waals surface area contributed by atoms with Gasteiger partial charge < -0.3 is 11.1 Å². The molecule has 2 heterocycles. The Hall–Kier alpha value is -3.10. The fraction of sp³-hybridized carbons (Fsp3) is 0.292. The van der Waals surface area contributed by atoms with Crippen molar-refractivity contribution >= 4 is 28.8 Å². The van der Waals surface area contributed by atoms with Gasteiger partial charge in [0.2, 0.25) is 5.91 Å². The van der Waals surface area contributed by atoms with Gasteiger partial charge in [-0.05, 0) is 68.3 Å². The second-order valence-electron chi connectivity index (χ2n) is 8.07. The minimum absolute atomic E-state index is 0.0789. The van der Waals surface area contributed by atoms with Crippen molar-refractivity contribution in [2.24, 2.45) is 11.7 Å². The molecule has 0 radical (unpaired) electrons. The average Bonchev–Trinajstić information content (AvgIpc) is 3.17. The Kier molecular flexibility index (Phi) is 6.62. The van der Waals surface area contributed by atoms with Crippen molar-refractivity contribution in [3.05, 3.63) is 70.5 Å². The topological polar surface area (TPSA) is 88.3 Å². The van der Waals surface area contributed by atoms with Gasteiger partial charge in [-0.3, -0.25) is 14.5 Å². The standard InChI is InChI=1S/C24H25FN4O2S/c1-15-21(32-24(27-15)17-6-8-19(25)9-7-17)23(31)28-20-10-4-16(5-11-20)13-29-12-2-3-18(14-29)22(26)30/h4-11,18H,2-3,12-14H2,1H3,(H2,26,30)(H,28,31)/t18-/m0/s1. The highest BCUT2D eigenvalue weighted by Gasteiger charge is 2.24. The first kappa shape index (κ1) is 22.1. The monoisotopic (exact) mass is 452 g/mol. The van der Waals surface area contributed by atoms with E-state index in [0.29, 0.717) is 27.8 Å². The largest absolute Gasteiger partial charge is 0.369 e. The SMILES string of the molecule is Cc1nc(-c2ccc(F)cc2)sc1C(=O)Nc1ccc(CN2CCC[C@H](C(N)=O)C2)cc1. The number of nitrogens with two attached hydrogens (primary N) is 1. The highest BCUT2D eigenvalue weighted by Crippen LogP contribution is 2.29. The van der Waals surface area contributed by atoms with Gasteiger partial charge in [0.1, 0.15) is 15.7 Å². The molecular weight excluding hydrogens is 427 g/mol. The van der Waals surface area contributed by atoms with Crippen LogP contribution in [0.15, 0.2) is 48.5 Å². The number of benzene rings is 2. The first-order valence-corrected chi connectivity index (χ1v) is 11.4. The van der Waals surface area contributed by atoms with Crippen LogP contribution in [0, 0.1) is 18.7 Å². The van der Waals surface area contributed by atoms with Crippen molar-refractivity contribution in [3.8, 4) is 10.6 Å². The Bertz CT molecular complexity index is 1110. The van der Waals surface area contributed by atoms with Gasteiger partial charge in [0.15, 0.2) is 0 Å². The van der Waals surface area contributed by atoms with E-state index in [0.717, 1.165) is 37.1 Å². The van der Waals surface area contributed by atoms with Gasteiger partial charge >= 0.3 is 0 Å². The molecule has 0 bridgehead atoms. The van der Waals surface area contributed by atoms with E-state index in [-0.39, 0.29) is 23.5 Å². The molecule has 0 aliphatic carbocycles. The number of rotatable bonds is 6. The quantitative estimate of drug-likeness (QED) is 0.587. The van der Waals surface area contributed by atoms with Crippen molar-refractivity contribution in [2.45, 2.75) is 26.3 Å². The lowest BCUT2D eigenvalue weighted by Gasteiger charge is -2.31. The average molecular weight is 453 g/mol. The maximum atomic E-state index is 13.2. The molecule has 4 rings (SSSR count). The molecule has 32 heavy (non-hydrogen) atoms. The number of thiazole rings is 1. The van der Waals surface area contributed by atoms with Crippen LogP contribution in [0.5, 0.6) is 0 Å². The molecule has 0 spiro atoms. The summed E-state index contributed by atoms with van der Waals surface area (Å²) in [6.45, 7) is 4.17. The number of likely N-dealkylation sites (tertiary alicyclic amines) is 1. The molecule has 1 atom stereocenters. The number of piperidine rings is 1. The van der Waals surface area contributed by atoms with Crippen molar-refractivity contribution < 1.29 is 14.0 Å². The lowest BCUT2D eigenvalue weighted by atomic mass is 9.97. The van der Waals surface area contributed by atoms with Gasteiger partial charge in [-0.25, -0.2) is 9.37 Å². The van der Waals surface area contributed by atoms with Crippen molar-refractivity contribution in [1.29, 1.82) is 0 Å². The van der Waals surface area contributed by atoms with Gasteiger partial charge in [0, 0.05) is 24.3 Å². The van der Waals surface area contributed by atoms with E-state index in [1.165, 1.54) is 23.5 Å². The maximum absolute atomic E-state index is 13.2. The highest BCUT2D eigenvalue weighted by atomic mass is 32.1. The molecule has 2 amide bonds. The van der Waals surface area contributed by atoms with E-state index < -0.39 is 0 Å². The lowest BCUT2D eigenvalue weighted by Crippen LogP contribution is -2.40. The fourth-order valence-electron chi connectivity index (χ4n) is 3.89. The van der Waals surface area contributed by atoms with E-state index in [9.17, 15) is 14.0 Å². The molecule has 3 N–H and O–H groups in total. The van der Waals surface area contributed by atoms with Crippen LogP contribution in [-0.4, -0.2) is 34.8 Å². The minimum atomic E-state index is -0.309. The zero-order chi connectivity index (χ0) is 22.7. The summed E-state index contributed by atoms with van der Waals surface area (Å²) >= 11 is 1.28. The Morgan fingerprint density at radius 3 is 2.59 bits per heavy atom.